The number of hydrogen-bond donors (Lipinski definition) is 1. The van der Waals surface area contributed by atoms with Gasteiger partial charge in [-0.2, -0.15) is 0 Å². The van der Waals surface area contributed by atoms with Gasteiger partial charge < -0.3 is 5.32 Å². The van der Waals surface area contributed by atoms with E-state index in [0.29, 0.717) is 15.9 Å². The second kappa shape index (κ2) is 5.34. The molecule has 0 radical (unpaired) electrons. The zero-order valence-corrected chi connectivity index (χ0v) is 10.7. The Morgan fingerprint density at radius 3 is 2.82 bits per heavy atom. The van der Waals surface area contributed by atoms with Crippen LogP contribution in [0, 0.1) is 0 Å². The van der Waals surface area contributed by atoms with Crippen LogP contribution < -0.4 is 5.32 Å². The maximum atomic E-state index is 5.97. The first-order chi connectivity index (χ1) is 8.16. The Morgan fingerprint density at radius 1 is 1.29 bits per heavy atom. The average Bonchev–Trinajstić information content (AvgIpc) is 2.32. The molecule has 0 amide bonds. The van der Waals surface area contributed by atoms with Crippen LogP contribution in [-0.4, -0.2) is 9.97 Å². The van der Waals surface area contributed by atoms with Crippen molar-refractivity contribution in [2.24, 2.45) is 0 Å². The van der Waals surface area contributed by atoms with Gasteiger partial charge in [0.25, 0.3) is 0 Å². The van der Waals surface area contributed by atoms with E-state index < -0.39 is 0 Å². The van der Waals surface area contributed by atoms with E-state index in [-0.39, 0.29) is 6.04 Å². The van der Waals surface area contributed by atoms with Crippen molar-refractivity contribution in [1.82, 2.24) is 9.97 Å². The van der Waals surface area contributed by atoms with E-state index in [4.69, 9.17) is 23.2 Å². The van der Waals surface area contributed by atoms with Crippen LogP contribution in [0.5, 0.6) is 0 Å². The fourth-order valence-electron chi connectivity index (χ4n) is 1.48. The number of benzene rings is 1. The van der Waals surface area contributed by atoms with Crippen molar-refractivity contribution in [2.75, 3.05) is 5.32 Å². The van der Waals surface area contributed by atoms with Gasteiger partial charge in [0, 0.05) is 5.02 Å². The van der Waals surface area contributed by atoms with E-state index >= 15 is 0 Å². The van der Waals surface area contributed by atoms with Crippen molar-refractivity contribution in [3.05, 3.63) is 52.4 Å². The molecule has 1 atom stereocenters. The third-order valence-electron chi connectivity index (χ3n) is 2.37. The Labute approximate surface area is 110 Å². The minimum absolute atomic E-state index is 0.0705. The number of halogens is 2. The van der Waals surface area contributed by atoms with Crippen molar-refractivity contribution in [1.29, 1.82) is 0 Å². The van der Waals surface area contributed by atoms with Gasteiger partial charge in [-0.1, -0.05) is 35.3 Å². The van der Waals surface area contributed by atoms with E-state index in [0.717, 1.165) is 5.56 Å². The predicted molar refractivity (Wildman–Crippen MR) is 70.5 cm³/mol. The standard InChI is InChI=1S/C12H11Cl2N3/c1-8(9-3-2-4-10(13)5-9)17-12-11(14)6-15-7-16-12/h2-8H,1H3,(H,15,16,17). The van der Waals surface area contributed by atoms with Gasteiger partial charge in [0.1, 0.15) is 17.2 Å². The first-order valence-electron chi connectivity index (χ1n) is 5.14. The summed E-state index contributed by atoms with van der Waals surface area (Å²) in [6, 6.07) is 7.74. The lowest BCUT2D eigenvalue weighted by Crippen LogP contribution is -2.08. The topological polar surface area (TPSA) is 37.8 Å². The molecule has 1 N–H and O–H groups in total. The summed E-state index contributed by atoms with van der Waals surface area (Å²) in [6.07, 6.45) is 3.01. The molecular weight excluding hydrogens is 257 g/mol. The molecule has 3 nitrogen and oxygen atoms in total. The molecular formula is C12H11Cl2N3. The fraction of sp³-hybridized carbons (Fsp3) is 0.167. The minimum Gasteiger partial charge on any atom is -0.362 e. The van der Waals surface area contributed by atoms with Crippen molar-refractivity contribution in [3.8, 4) is 0 Å². The highest BCUT2D eigenvalue weighted by molar-refractivity contribution is 6.32. The summed E-state index contributed by atoms with van der Waals surface area (Å²) in [5.41, 5.74) is 1.08. The van der Waals surface area contributed by atoms with E-state index in [9.17, 15) is 0 Å². The molecule has 5 heteroatoms. The number of aromatic nitrogens is 2. The minimum atomic E-state index is 0.0705. The lowest BCUT2D eigenvalue weighted by Gasteiger charge is -2.15. The van der Waals surface area contributed by atoms with Gasteiger partial charge >= 0.3 is 0 Å². The summed E-state index contributed by atoms with van der Waals surface area (Å²) in [5, 5.41) is 4.43. The highest BCUT2D eigenvalue weighted by Crippen LogP contribution is 2.24. The molecule has 0 aliphatic heterocycles. The Bertz CT molecular complexity index is 517. The molecule has 0 bridgehead atoms. The van der Waals surface area contributed by atoms with Gasteiger partial charge in [-0.3, -0.25) is 0 Å². The van der Waals surface area contributed by atoms with E-state index in [1.807, 2.05) is 31.2 Å². The molecule has 0 aliphatic carbocycles. The molecule has 0 fully saturated rings. The Balaban J connectivity index is 2.17. The van der Waals surface area contributed by atoms with Crippen LogP contribution in [0.4, 0.5) is 5.82 Å². The third kappa shape index (κ3) is 3.08. The predicted octanol–water partition coefficient (Wildman–Crippen LogP) is 3.96. The molecule has 1 aromatic carbocycles. The van der Waals surface area contributed by atoms with Gasteiger partial charge in [0.05, 0.1) is 12.2 Å². The first-order valence-corrected chi connectivity index (χ1v) is 5.90. The summed E-state index contributed by atoms with van der Waals surface area (Å²) in [6.45, 7) is 2.02. The number of hydrogen-bond acceptors (Lipinski definition) is 3. The van der Waals surface area contributed by atoms with E-state index in [1.165, 1.54) is 6.33 Å². The highest BCUT2D eigenvalue weighted by atomic mass is 35.5. The summed E-state index contributed by atoms with van der Waals surface area (Å²) in [7, 11) is 0. The lowest BCUT2D eigenvalue weighted by molar-refractivity contribution is 0.872. The molecule has 88 valence electrons. The molecule has 0 spiro atoms. The van der Waals surface area contributed by atoms with Crippen LogP contribution in [-0.2, 0) is 0 Å². The highest BCUT2D eigenvalue weighted by Gasteiger charge is 2.08. The first kappa shape index (κ1) is 12.1. The SMILES string of the molecule is CC(Nc1ncncc1Cl)c1cccc(Cl)c1. The Kier molecular flexibility index (Phi) is 3.82. The number of nitrogens with zero attached hydrogens (tertiary/aromatic N) is 2. The second-order valence-corrected chi connectivity index (χ2v) is 4.48. The zero-order chi connectivity index (χ0) is 12.3. The molecule has 1 aromatic heterocycles. The molecule has 2 aromatic rings. The second-order valence-electron chi connectivity index (χ2n) is 3.64. The van der Waals surface area contributed by atoms with Crippen LogP contribution in [0.25, 0.3) is 0 Å². The van der Waals surface area contributed by atoms with Gasteiger partial charge in [0.2, 0.25) is 0 Å². The maximum Gasteiger partial charge on any atom is 0.148 e. The van der Waals surface area contributed by atoms with Crippen LogP contribution in [0.2, 0.25) is 10.0 Å². The van der Waals surface area contributed by atoms with E-state index in [1.54, 1.807) is 6.20 Å². The Morgan fingerprint density at radius 2 is 2.12 bits per heavy atom. The van der Waals surface area contributed by atoms with Gasteiger partial charge in [-0.25, -0.2) is 9.97 Å². The summed E-state index contributed by atoms with van der Waals surface area (Å²) in [4.78, 5) is 7.91. The van der Waals surface area contributed by atoms with Crippen molar-refractivity contribution in [2.45, 2.75) is 13.0 Å². The van der Waals surface area contributed by atoms with E-state index in [2.05, 4.69) is 15.3 Å². The van der Waals surface area contributed by atoms with Crippen LogP contribution >= 0.6 is 23.2 Å². The van der Waals surface area contributed by atoms with Gasteiger partial charge in [0.15, 0.2) is 0 Å². The van der Waals surface area contributed by atoms with Crippen LogP contribution in [0.3, 0.4) is 0 Å². The van der Waals surface area contributed by atoms with Gasteiger partial charge in [-0.15, -0.1) is 0 Å². The monoisotopic (exact) mass is 267 g/mol. The van der Waals surface area contributed by atoms with Crippen molar-refractivity contribution < 1.29 is 0 Å². The molecule has 2 rings (SSSR count). The summed E-state index contributed by atoms with van der Waals surface area (Å²) < 4.78 is 0. The smallest absolute Gasteiger partial charge is 0.148 e. The molecule has 0 saturated carbocycles. The summed E-state index contributed by atoms with van der Waals surface area (Å²) >= 11 is 11.9. The quantitative estimate of drug-likeness (QED) is 0.915. The third-order valence-corrected chi connectivity index (χ3v) is 2.88. The molecule has 0 saturated heterocycles. The number of anilines is 1. The molecule has 1 unspecified atom stereocenters. The number of nitrogens with one attached hydrogen (secondary N) is 1. The lowest BCUT2D eigenvalue weighted by atomic mass is 10.1. The largest absolute Gasteiger partial charge is 0.362 e. The van der Waals surface area contributed by atoms with Gasteiger partial charge in [-0.05, 0) is 24.6 Å². The van der Waals surface area contributed by atoms with Crippen molar-refractivity contribution in [3.63, 3.8) is 0 Å². The average molecular weight is 268 g/mol. The Hall–Kier alpha value is -1.32. The zero-order valence-electron chi connectivity index (χ0n) is 9.19. The van der Waals surface area contributed by atoms with Crippen molar-refractivity contribution >= 4 is 29.0 Å². The number of rotatable bonds is 3. The van der Waals surface area contributed by atoms with Crippen LogP contribution in [0.1, 0.15) is 18.5 Å². The normalized spacial score (nSPS) is 12.2. The molecule has 17 heavy (non-hydrogen) atoms. The maximum absolute atomic E-state index is 5.97. The van der Waals surface area contributed by atoms with Crippen LogP contribution in [0.15, 0.2) is 36.8 Å². The molecule has 1 heterocycles. The molecule has 0 aliphatic rings. The summed E-state index contributed by atoms with van der Waals surface area (Å²) in [5.74, 6) is 0.620. The fourth-order valence-corrected chi connectivity index (χ4v) is 1.84.